The van der Waals surface area contributed by atoms with Gasteiger partial charge in [-0.1, -0.05) is 18.0 Å². The van der Waals surface area contributed by atoms with Crippen molar-refractivity contribution in [3.05, 3.63) is 23.0 Å². The second-order valence-electron chi connectivity index (χ2n) is 4.78. The third-order valence-electron chi connectivity index (χ3n) is 3.50. The molecule has 1 fully saturated rings. The Morgan fingerprint density at radius 2 is 2.29 bits per heavy atom. The molecular weight excluding hydrogens is 234 g/mol. The van der Waals surface area contributed by atoms with Gasteiger partial charge in [-0.2, -0.15) is 0 Å². The fourth-order valence-electron chi connectivity index (χ4n) is 2.35. The Hall–Kier alpha value is -0.800. The molecule has 0 bridgehead atoms. The van der Waals surface area contributed by atoms with E-state index in [1.165, 1.54) is 25.8 Å². The molecule has 2 rings (SSSR count). The first-order chi connectivity index (χ1) is 8.16. The largest absolute Gasteiger partial charge is 0.382 e. The summed E-state index contributed by atoms with van der Waals surface area (Å²) in [4.78, 5) is 6.69. The normalized spacial score (nSPS) is 21.5. The van der Waals surface area contributed by atoms with Crippen LogP contribution in [0.3, 0.4) is 0 Å². The first-order valence-electron chi connectivity index (χ1n) is 6.24. The third-order valence-corrected chi connectivity index (χ3v) is 3.71. The molecule has 94 valence electrons. The number of hydrogen-bond acceptors (Lipinski definition) is 3. The minimum absolute atomic E-state index is 0.558. The molecular formula is C13H20ClN3. The number of hydrogen-bond donors (Lipinski definition) is 1. The number of aryl methyl sites for hydroxylation is 1. The lowest BCUT2D eigenvalue weighted by Crippen LogP contribution is -2.40. The highest BCUT2D eigenvalue weighted by Gasteiger charge is 2.18. The summed E-state index contributed by atoms with van der Waals surface area (Å²) in [5.74, 6) is 0. The molecule has 0 saturated carbocycles. The molecule has 1 aromatic heterocycles. The van der Waals surface area contributed by atoms with Crippen LogP contribution in [0.2, 0.25) is 5.15 Å². The standard InChI is InChI=1S/C13H20ClN3/c1-10-12(6-7-13(14)16-10)15-9-11-5-3-4-8-17(11)2/h6-7,11,15H,3-5,8-9H2,1-2H3. The van der Waals surface area contributed by atoms with Crippen LogP contribution >= 0.6 is 11.6 Å². The highest BCUT2D eigenvalue weighted by molar-refractivity contribution is 6.29. The third kappa shape index (κ3) is 3.33. The van der Waals surface area contributed by atoms with Gasteiger partial charge < -0.3 is 10.2 Å². The lowest BCUT2D eigenvalue weighted by molar-refractivity contribution is 0.194. The molecule has 0 aliphatic carbocycles. The average molecular weight is 254 g/mol. The molecule has 0 spiro atoms. The van der Waals surface area contributed by atoms with Gasteiger partial charge in [-0.15, -0.1) is 0 Å². The number of rotatable bonds is 3. The van der Waals surface area contributed by atoms with Gasteiger partial charge in [0.05, 0.1) is 11.4 Å². The van der Waals surface area contributed by atoms with Crippen LogP contribution in [0, 0.1) is 6.92 Å². The molecule has 0 aromatic carbocycles. The van der Waals surface area contributed by atoms with Crippen LogP contribution in [-0.2, 0) is 0 Å². The van der Waals surface area contributed by atoms with E-state index in [-0.39, 0.29) is 0 Å². The van der Waals surface area contributed by atoms with E-state index in [1.807, 2.05) is 19.1 Å². The van der Waals surface area contributed by atoms with Crippen LogP contribution in [0.25, 0.3) is 0 Å². The molecule has 1 aromatic rings. The second kappa shape index (κ2) is 5.69. The van der Waals surface area contributed by atoms with Crippen molar-refractivity contribution in [1.82, 2.24) is 9.88 Å². The highest BCUT2D eigenvalue weighted by atomic mass is 35.5. The van der Waals surface area contributed by atoms with E-state index >= 15 is 0 Å². The van der Waals surface area contributed by atoms with Crippen LogP contribution in [0.4, 0.5) is 5.69 Å². The summed E-state index contributed by atoms with van der Waals surface area (Å²) in [5, 5.41) is 4.04. The monoisotopic (exact) mass is 253 g/mol. The van der Waals surface area contributed by atoms with Gasteiger partial charge >= 0.3 is 0 Å². The Morgan fingerprint density at radius 3 is 3.00 bits per heavy atom. The molecule has 1 N–H and O–H groups in total. The number of anilines is 1. The van der Waals surface area contributed by atoms with Gasteiger partial charge in [0, 0.05) is 12.6 Å². The van der Waals surface area contributed by atoms with Gasteiger partial charge in [0.15, 0.2) is 0 Å². The zero-order valence-corrected chi connectivity index (χ0v) is 11.3. The van der Waals surface area contributed by atoms with E-state index in [9.17, 15) is 0 Å². The van der Waals surface area contributed by atoms with E-state index in [4.69, 9.17) is 11.6 Å². The predicted molar refractivity (Wildman–Crippen MR) is 72.7 cm³/mol. The van der Waals surface area contributed by atoms with Crippen LogP contribution in [0.15, 0.2) is 12.1 Å². The first kappa shape index (κ1) is 12.7. The fourth-order valence-corrected chi connectivity index (χ4v) is 2.54. The average Bonchev–Trinajstić information content (AvgIpc) is 2.30. The smallest absolute Gasteiger partial charge is 0.129 e. The quantitative estimate of drug-likeness (QED) is 0.840. The molecule has 1 aliphatic heterocycles. The van der Waals surface area contributed by atoms with Crippen LogP contribution < -0.4 is 5.32 Å². The van der Waals surface area contributed by atoms with Crippen LogP contribution in [0.5, 0.6) is 0 Å². The first-order valence-corrected chi connectivity index (χ1v) is 6.62. The zero-order chi connectivity index (χ0) is 12.3. The Labute approximate surface area is 108 Å². The molecule has 3 nitrogen and oxygen atoms in total. The van der Waals surface area contributed by atoms with Crippen molar-refractivity contribution in [2.24, 2.45) is 0 Å². The number of likely N-dealkylation sites (tertiary alicyclic amines) is 1. The molecule has 1 aliphatic rings. The maximum atomic E-state index is 5.84. The van der Waals surface area contributed by atoms with E-state index < -0.39 is 0 Å². The van der Waals surface area contributed by atoms with Gasteiger partial charge in [-0.25, -0.2) is 4.98 Å². The lowest BCUT2D eigenvalue weighted by Gasteiger charge is -2.32. The van der Waals surface area contributed by atoms with Crippen molar-refractivity contribution < 1.29 is 0 Å². The molecule has 1 atom stereocenters. The molecule has 17 heavy (non-hydrogen) atoms. The summed E-state index contributed by atoms with van der Waals surface area (Å²) in [5.41, 5.74) is 2.06. The second-order valence-corrected chi connectivity index (χ2v) is 5.17. The predicted octanol–water partition coefficient (Wildman–Crippen LogP) is 2.94. The Kier molecular flexibility index (Phi) is 4.24. The number of aromatic nitrogens is 1. The van der Waals surface area contributed by atoms with Crippen molar-refractivity contribution >= 4 is 17.3 Å². The number of nitrogens with zero attached hydrogens (tertiary/aromatic N) is 2. The Balaban J connectivity index is 1.92. The topological polar surface area (TPSA) is 28.2 Å². The summed E-state index contributed by atoms with van der Waals surface area (Å²) < 4.78 is 0. The zero-order valence-electron chi connectivity index (χ0n) is 10.5. The molecule has 2 heterocycles. The maximum absolute atomic E-state index is 5.84. The molecule has 1 unspecified atom stereocenters. The van der Waals surface area contributed by atoms with Crippen molar-refractivity contribution in [3.63, 3.8) is 0 Å². The van der Waals surface area contributed by atoms with Crippen molar-refractivity contribution in [3.8, 4) is 0 Å². The van der Waals surface area contributed by atoms with Gasteiger partial charge in [0.1, 0.15) is 5.15 Å². The summed E-state index contributed by atoms with van der Waals surface area (Å²) in [6.45, 7) is 4.18. The van der Waals surface area contributed by atoms with Gasteiger partial charge in [0.2, 0.25) is 0 Å². The van der Waals surface area contributed by atoms with Gasteiger partial charge in [-0.3, -0.25) is 0 Å². The minimum Gasteiger partial charge on any atom is -0.382 e. The van der Waals surface area contributed by atoms with Crippen molar-refractivity contribution in [2.75, 3.05) is 25.5 Å². The Bertz CT molecular complexity index is 381. The van der Waals surface area contributed by atoms with Crippen molar-refractivity contribution in [1.29, 1.82) is 0 Å². The number of nitrogens with one attached hydrogen (secondary N) is 1. The molecule has 1 saturated heterocycles. The summed E-state index contributed by atoms with van der Waals surface area (Å²) in [6, 6.07) is 4.48. The molecule has 0 amide bonds. The van der Waals surface area contributed by atoms with Crippen molar-refractivity contribution in [2.45, 2.75) is 32.2 Å². The van der Waals surface area contributed by atoms with Crippen LogP contribution in [0.1, 0.15) is 25.0 Å². The number of halogens is 1. The molecule has 4 heteroatoms. The van der Waals surface area contributed by atoms with Gasteiger partial charge in [-0.05, 0) is 45.5 Å². The highest BCUT2D eigenvalue weighted by Crippen LogP contribution is 2.18. The van der Waals surface area contributed by atoms with E-state index in [0.29, 0.717) is 11.2 Å². The SMILES string of the molecule is Cc1nc(Cl)ccc1NCC1CCCCN1C. The maximum Gasteiger partial charge on any atom is 0.129 e. The Morgan fingerprint density at radius 1 is 1.47 bits per heavy atom. The lowest BCUT2D eigenvalue weighted by atomic mass is 10.0. The number of pyridine rings is 1. The van der Waals surface area contributed by atoms with E-state index in [1.54, 1.807) is 0 Å². The van der Waals surface area contributed by atoms with E-state index in [2.05, 4.69) is 22.2 Å². The minimum atomic E-state index is 0.558. The summed E-state index contributed by atoms with van der Waals surface area (Å²) in [6.07, 6.45) is 3.95. The fraction of sp³-hybridized carbons (Fsp3) is 0.615. The van der Waals surface area contributed by atoms with Gasteiger partial charge in [0.25, 0.3) is 0 Å². The van der Waals surface area contributed by atoms with E-state index in [0.717, 1.165) is 17.9 Å². The number of piperidine rings is 1. The summed E-state index contributed by atoms with van der Waals surface area (Å²) in [7, 11) is 2.21. The summed E-state index contributed by atoms with van der Waals surface area (Å²) >= 11 is 5.84. The van der Waals surface area contributed by atoms with Crippen LogP contribution in [-0.4, -0.2) is 36.1 Å². The number of likely N-dealkylation sites (N-methyl/N-ethyl adjacent to an activating group) is 1. The molecule has 0 radical (unpaired) electrons.